The zero-order valence-electron chi connectivity index (χ0n) is 17.3. The Bertz CT molecular complexity index is 731. The molecule has 29 heavy (non-hydrogen) atoms. The highest BCUT2D eigenvalue weighted by Gasteiger charge is 2.29. The largest absolute Gasteiger partial charge is 0.364 e. The highest BCUT2D eigenvalue weighted by Crippen LogP contribution is 2.26. The van der Waals surface area contributed by atoms with Crippen LogP contribution in [0.4, 0.5) is 0 Å². The molecule has 1 saturated carbocycles. The summed E-state index contributed by atoms with van der Waals surface area (Å²) < 4.78 is 31.4. The average molecular weight is 540 g/mol. The Morgan fingerprint density at radius 2 is 2.03 bits per heavy atom. The van der Waals surface area contributed by atoms with E-state index in [9.17, 15) is 8.42 Å². The van der Waals surface area contributed by atoms with E-state index in [-0.39, 0.29) is 29.7 Å². The molecule has 2 heterocycles. The van der Waals surface area contributed by atoms with Crippen LogP contribution in [-0.4, -0.2) is 92.0 Å². The first-order chi connectivity index (χ1) is 13.5. The molecule has 11 heteroatoms. The standard InChI is InChI=1S/C18H32N6O3S.HI/c1-3-19-18(20-8-9-22(4-2)17-5-6-17)23-10-12-24(13-11-23)28(25,26)15-16-7-14-27-21-16;/h7,14,17H,3-6,8-13,15H2,1-2H3,(H,19,20);1H. The van der Waals surface area contributed by atoms with Crippen molar-refractivity contribution in [3.05, 3.63) is 18.0 Å². The number of guanidine groups is 1. The fourth-order valence-electron chi connectivity index (χ4n) is 3.52. The molecule has 1 aliphatic carbocycles. The number of rotatable bonds is 9. The Morgan fingerprint density at radius 3 is 2.59 bits per heavy atom. The van der Waals surface area contributed by atoms with Gasteiger partial charge in [-0.2, -0.15) is 4.31 Å². The Kier molecular flexibility index (Phi) is 9.63. The van der Waals surface area contributed by atoms with Gasteiger partial charge in [-0.05, 0) is 26.3 Å². The SMILES string of the molecule is CCNC(=NCCN(CC)C1CC1)N1CCN(S(=O)(=O)Cc2ccon2)CC1.I. The lowest BCUT2D eigenvalue weighted by molar-refractivity contribution is 0.258. The van der Waals surface area contributed by atoms with Crippen LogP contribution in [0, 0.1) is 0 Å². The van der Waals surface area contributed by atoms with Gasteiger partial charge in [-0.3, -0.25) is 9.89 Å². The van der Waals surface area contributed by atoms with E-state index in [1.54, 1.807) is 6.07 Å². The van der Waals surface area contributed by atoms with Gasteiger partial charge in [0.25, 0.3) is 0 Å². The van der Waals surface area contributed by atoms with Crippen molar-refractivity contribution in [3.8, 4) is 0 Å². The maximum absolute atomic E-state index is 12.6. The second-order valence-corrected chi connectivity index (χ2v) is 9.20. The zero-order valence-corrected chi connectivity index (χ0v) is 20.4. The molecule has 1 aliphatic heterocycles. The van der Waals surface area contributed by atoms with Gasteiger partial charge in [0.05, 0.1) is 12.2 Å². The number of hydrogen-bond donors (Lipinski definition) is 1. The third-order valence-corrected chi connectivity index (χ3v) is 7.02. The lowest BCUT2D eigenvalue weighted by Crippen LogP contribution is -2.54. The third kappa shape index (κ3) is 7.07. The normalized spacial score (nSPS) is 18.7. The Labute approximate surface area is 190 Å². The number of hydrogen-bond acceptors (Lipinski definition) is 6. The van der Waals surface area contributed by atoms with Crippen molar-refractivity contribution in [1.82, 2.24) is 24.6 Å². The van der Waals surface area contributed by atoms with Crippen molar-refractivity contribution in [2.75, 3.05) is 52.4 Å². The van der Waals surface area contributed by atoms with Crippen LogP contribution in [0.2, 0.25) is 0 Å². The van der Waals surface area contributed by atoms with Crippen molar-refractivity contribution < 1.29 is 12.9 Å². The molecule has 0 bridgehead atoms. The molecule has 2 aliphatic rings. The average Bonchev–Trinajstić information content (AvgIpc) is 3.41. The highest BCUT2D eigenvalue weighted by atomic mass is 127. The quantitative estimate of drug-likeness (QED) is 0.286. The summed E-state index contributed by atoms with van der Waals surface area (Å²) in [5.74, 6) is 0.758. The van der Waals surface area contributed by atoms with Crippen molar-refractivity contribution in [2.45, 2.75) is 38.5 Å². The summed E-state index contributed by atoms with van der Waals surface area (Å²) in [6.45, 7) is 10.0. The van der Waals surface area contributed by atoms with E-state index >= 15 is 0 Å². The van der Waals surface area contributed by atoms with Gasteiger partial charge in [-0.15, -0.1) is 24.0 Å². The summed E-state index contributed by atoms with van der Waals surface area (Å²) in [4.78, 5) is 9.42. The first-order valence-electron chi connectivity index (χ1n) is 10.2. The highest BCUT2D eigenvalue weighted by molar-refractivity contribution is 14.0. The number of nitrogens with one attached hydrogen (secondary N) is 1. The van der Waals surface area contributed by atoms with Gasteiger partial charge in [-0.25, -0.2) is 8.42 Å². The molecule has 9 nitrogen and oxygen atoms in total. The van der Waals surface area contributed by atoms with Gasteiger partial charge < -0.3 is 14.7 Å². The Hall–Kier alpha value is -0.920. The molecular weight excluding hydrogens is 507 g/mol. The summed E-state index contributed by atoms with van der Waals surface area (Å²) in [5, 5.41) is 7.06. The van der Waals surface area contributed by atoms with Gasteiger partial charge in [0, 0.05) is 51.4 Å². The molecular formula is C18H33IN6O3S. The van der Waals surface area contributed by atoms with Gasteiger partial charge in [-0.1, -0.05) is 12.1 Å². The molecule has 1 aromatic rings. The van der Waals surface area contributed by atoms with Gasteiger partial charge in [0.2, 0.25) is 10.0 Å². The molecule has 0 aromatic carbocycles. The molecule has 1 aromatic heterocycles. The Balaban J connectivity index is 0.00000300. The zero-order chi connectivity index (χ0) is 20.0. The fourth-order valence-corrected chi connectivity index (χ4v) is 4.94. The van der Waals surface area contributed by atoms with E-state index in [0.29, 0.717) is 31.9 Å². The first kappa shape index (κ1) is 24.4. The number of aliphatic imine (C=N–C) groups is 1. The first-order valence-corrected chi connectivity index (χ1v) is 11.8. The lowest BCUT2D eigenvalue weighted by Gasteiger charge is -2.35. The lowest BCUT2D eigenvalue weighted by atomic mass is 10.4. The fraction of sp³-hybridized carbons (Fsp3) is 0.778. The number of nitrogens with zero attached hydrogens (tertiary/aromatic N) is 5. The summed E-state index contributed by atoms with van der Waals surface area (Å²) in [7, 11) is -3.38. The molecule has 0 spiro atoms. The minimum Gasteiger partial charge on any atom is -0.364 e. The number of piperazine rings is 1. The summed E-state index contributed by atoms with van der Waals surface area (Å²) >= 11 is 0. The summed E-state index contributed by atoms with van der Waals surface area (Å²) in [5.41, 5.74) is 0.438. The van der Waals surface area contributed by atoms with Crippen molar-refractivity contribution in [3.63, 3.8) is 0 Å². The van der Waals surface area contributed by atoms with Crippen LogP contribution >= 0.6 is 24.0 Å². The van der Waals surface area contributed by atoms with Gasteiger partial charge in [0.15, 0.2) is 5.96 Å². The summed E-state index contributed by atoms with van der Waals surface area (Å²) in [6, 6.07) is 2.34. The van der Waals surface area contributed by atoms with Crippen LogP contribution in [0.25, 0.3) is 0 Å². The van der Waals surface area contributed by atoms with Crippen molar-refractivity contribution in [1.29, 1.82) is 0 Å². The van der Waals surface area contributed by atoms with E-state index in [1.165, 1.54) is 23.4 Å². The van der Waals surface area contributed by atoms with E-state index in [0.717, 1.165) is 38.2 Å². The molecule has 1 N–H and O–H groups in total. The molecule has 3 rings (SSSR count). The van der Waals surface area contributed by atoms with Gasteiger partial charge in [0.1, 0.15) is 12.0 Å². The van der Waals surface area contributed by atoms with Crippen LogP contribution in [0.15, 0.2) is 21.8 Å². The molecule has 166 valence electrons. The molecule has 0 unspecified atom stereocenters. The van der Waals surface area contributed by atoms with E-state index in [1.807, 2.05) is 0 Å². The predicted molar refractivity (Wildman–Crippen MR) is 124 cm³/mol. The molecule has 0 atom stereocenters. The maximum atomic E-state index is 12.6. The van der Waals surface area contributed by atoms with Crippen LogP contribution in [0.1, 0.15) is 32.4 Å². The maximum Gasteiger partial charge on any atom is 0.220 e. The summed E-state index contributed by atoms with van der Waals surface area (Å²) in [6.07, 6.45) is 4.01. The molecule has 0 radical (unpaired) electrons. The monoisotopic (exact) mass is 540 g/mol. The third-order valence-electron chi connectivity index (χ3n) is 5.21. The van der Waals surface area contributed by atoms with E-state index in [2.05, 4.69) is 34.1 Å². The molecule has 2 fully saturated rings. The van der Waals surface area contributed by atoms with E-state index < -0.39 is 10.0 Å². The number of aromatic nitrogens is 1. The van der Waals surface area contributed by atoms with Gasteiger partial charge >= 0.3 is 0 Å². The minimum atomic E-state index is -3.38. The minimum absolute atomic E-state index is 0. The molecule has 1 saturated heterocycles. The smallest absolute Gasteiger partial charge is 0.220 e. The van der Waals surface area contributed by atoms with Crippen LogP contribution in [0.3, 0.4) is 0 Å². The van der Waals surface area contributed by atoms with E-state index in [4.69, 9.17) is 9.52 Å². The van der Waals surface area contributed by atoms with Crippen LogP contribution in [-0.2, 0) is 15.8 Å². The predicted octanol–water partition coefficient (Wildman–Crippen LogP) is 1.19. The van der Waals surface area contributed by atoms with Crippen LogP contribution < -0.4 is 5.32 Å². The van der Waals surface area contributed by atoms with Crippen molar-refractivity contribution in [2.24, 2.45) is 4.99 Å². The second-order valence-electron chi connectivity index (χ2n) is 7.23. The molecule has 0 amide bonds. The van der Waals surface area contributed by atoms with Crippen molar-refractivity contribution >= 4 is 40.0 Å². The Morgan fingerprint density at radius 1 is 1.31 bits per heavy atom. The number of likely N-dealkylation sites (N-methyl/N-ethyl adjacent to an activating group) is 1. The number of sulfonamides is 1. The number of halogens is 1. The second kappa shape index (κ2) is 11.5. The topological polar surface area (TPSA) is 94.3 Å². The van der Waals surface area contributed by atoms with Crippen LogP contribution in [0.5, 0.6) is 0 Å².